The summed E-state index contributed by atoms with van der Waals surface area (Å²) >= 11 is 3.44. The van der Waals surface area contributed by atoms with E-state index in [1.165, 1.54) is 0 Å². The van der Waals surface area contributed by atoms with Gasteiger partial charge in [-0.25, -0.2) is 0 Å². The molecule has 0 bridgehead atoms. The second-order valence-corrected chi connectivity index (χ2v) is 7.63. The van der Waals surface area contributed by atoms with Crippen LogP contribution in [0.25, 0.3) is 0 Å². The number of hydrogen-bond donors (Lipinski definition) is 0. The SMILES string of the molecule is O=C1CCN(Cc2ccccc2)C(=O)c2c1ccn2Cc1ccc(Br)cc1. The molecule has 0 saturated heterocycles. The first-order valence-corrected chi connectivity index (χ1v) is 9.71. The Morgan fingerprint density at radius 1 is 0.852 bits per heavy atom. The molecule has 0 unspecified atom stereocenters. The molecule has 136 valence electrons. The van der Waals surface area contributed by atoms with Gasteiger partial charge < -0.3 is 9.47 Å². The highest BCUT2D eigenvalue weighted by atomic mass is 79.9. The Bertz CT molecular complexity index is 977. The van der Waals surface area contributed by atoms with Crippen LogP contribution < -0.4 is 0 Å². The Kier molecular flexibility index (Phi) is 4.94. The first-order chi connectivity index (χ1) is 13.1. The molecule has 1 aromatic heterocycles. The number of nitrogens with zero attached hydrogens (tertiary/aromatic N) is 2. The average Bonchev–Trinajstić information content (AvgIpc) is 3.06. The van der Waals surface area contributed by atoms with Crippen LogP contribution in [0, 0.1) is 0 Å². The lowest BCUT2D eigenvalue weighted by Gasteiger charge is -2.21. The van der Waals surface area contributed by atoms with Crippen LogP contribution in [-0.2, 0) is 13.1 Å². The second kappa shape index (κ2) is 7.53. The van der Waals surface area contributed by atoms with Crippen LogP contribution in [0.1, 0.15) is 38.4 Å². The first kappa shape index (κ1) is 17.7. The van der Waals surface area contributed by atoms with Crippen LogP contribution in [0.2, 0.25) is 0 Å². The topological polar surface area (TPSA) is 42.3 Å². The minimum Gasteiger partial charge on any atom is -0.338 e. The molecule has 0 N–H and O–H groups in total. The van der Waals surface area contributed by atoms with Crippen LogP contribution in [0.15, 0.2) is 71.3 Å². The molecule has 0 aliphatic carbocycles. The lowest BCUT2D eigenvalue weighted by Crippen LogP contribution is -2.32. The number of fused-ring (bicyclic) bond motifs is 1. The molecule has 0 saturated carbocycles. The zero-order chi connectivity index (χ0) is 18.8. The van der Waals surface area contributed by atoms with Gasteiger partial charge in [0.1, 0.15) is 5.69 Å². The molecule has 1 aliphatic rings. The van der Waals surface area contributed by atoms with Gasteiger partial charge in [-0.1, -0.05) is 58.4 Å². The Morgan fingerprint density at radius 2 is 1.56 bits per heavy atom. The number of aromatic nitrogens is 1. The number of ketones is 1. The summed E-state index contributed by atoms with van der Waals surface area (Å²) in [6.45, 7) is 1.51. The normalized spacial score (nSPS) is 14.2. The van der Waals surface area contributed by atoms with Crippen LogP contribution in [0.3, 0.4) is 0 Å². The molecule has 1 amide bonds. The molecule has 5 heteroatoms. The Hall–Kier alpha value is -2.66. The standard InChI is InChI=1S/C22H19BrN2O2/c23-18-8-6-17(7-9-18)14-24-12-10-19-20(26)11-13-25(22(27)21(19)24)15-16-4-2-1-3-5-16/h1-10,12H,11,13-15H2. The van der Waals surface area contributed by atoms with E-state index in [9.17, 15) is 9.59 Å². The third kappa shape index (κ3) is 3.74. The van der Waals surface area contributed by atoms with Gasteiger partial charge in [-0.2, -0.15) is 0 Å². The van der Waals surface area contributed by atoms with Gasteiger partial charge in [0, 0.05) is 42.3 Å². The van der Waals surface area contributed by atoms with Gasteiger partial charge in [0.05, 0.1) is 0 Å². The van der Waals surface area contributed by atoms with Gasteiger partial charge in [-0.15, -0.1) is 0 Å². The summed E-state index contributed by atoms with van der Waals surface area (Å²) in [5, 5.41) is 0. The van der Waals surface area contributed by atoms with Gasteiger partial charge in [0.25, 0.3) is 5.91 Å². The number of rotatable bonds is 4. The van der Waals surface area contributed by atoms with Crippen molar-refractivity contribution < 1.29 is 9.59 Å². The number of benzene rings is 2. The van der Waals surface area contributed by atoms with Crippen molar-refractivity contribution in [1.82, 2.24) is 9.47 Å². The number of hydrogen-bond acceptors (Lipinski definition) is 2. The monoisotopic (exact) mass is 422 g/mol. The molecular weight excluding hydrogens is 404 g/mol. The lowest BCUT2D eigenvalue weighted by atomic mass is 10.1. The van der Waals surface area contributed by atoms with Crippen molar-refractivity contribution in [2.75, 3.05) is 6.54 Å². The summed E-state index contributed by atoms with van der Waals surface area (Å²) in [7, 11) is 0. The van der Waals surface area contributed by atoms with Crippen molar-refractivity contribution in [1.29, 1.82) is 0 Å². The largest absolute Gasteiger partial charge is 0.338 e. The first-order valence-electron chi connectivity index (χ1n) is 8.92. The quantitative estimate of drug-likeness (QED) is 0.619. The molecule has 2 heterocycles. The maximum Gasteiger partial charge on any atom is 0.271 e. The third-order valence-electron chi connectivity index (χ3n) is 4.84. The fourth-order valence-electron chi connectivity index (χ4n) is 3.43. The van der Waals surface area contributed by atoms with Gasteiger partial charge in [-0.05, 0) is 29.3 Å². The molecule has 27 heavy (non-hydrogen) atoms. The van der Waals surface area contributed by atoms with Crippen LogP contribution in [-0.4, -0.2) is 27.7 Å². The van der Waals surface area contributed by atoms with E-state index < -0.39 is 0 Å². The highest BCUT2D eigenvalue weighted by Gasteiger charge is 2.30. The van der Waals surface area contributed by atoms with E-state index in [1.54, 1.807) is 11.0 Å². The van der Waals surface area contributed by atoms with E-state index in [2.05, 4.69) is 15.9 Å². The maximum absolute atomic E-state index is 13.3. The summed E-state index contributed by atoms with van der Waals surface area (Å²) in [6, 6.07) is 19.7. The van der Waals surface area contributed by atoms with Crippen molar-refractivity contribution >= 4 is 27.6 Å². The molecule has 3 aromatic rings. The van der Waals surface area contributed by atoms with Gasteiger partial charge in [0.2, 0.25) is 0 Å². The van der Waals surface area contributed by atoms with Gasteiger partial charge in [-0.3, -0.25) is 9.59 Å². The van der Waals surface area contributed by atoms with E-state index in [0.717, 1.165) is 15.6 Å². The highest BCUT2D eigenvalue weighted by Crippen LogP contribution is 2.23. The molecule has 4 rings (SSSR count). The molecule has 0 spiro atoms. The Labute approximate surface area is 166 Å². The van der Waals surface area contributed by atoms with E-state index in [4.69, 9.17) is 0 Å². The molecular formula is C22H19BrN2O2. The number of Topliss-reactive ketones (excluding diaryl/α,β-unsaturated/α-hetero) is 1. The van der Waals surface area contributed by atoms with Crippen LogP contribution >= 0.6 is 15.9 Å². The minimum atomic E-state index is -0.0817. The molecule has 2 aromatic carbocycles. The molecule has 0 radical (unpaired) electrons. The lowest BCUT2D eigenvalue weighted by molar-refractivity contribution is 0.0736. The van der Waals surface area contributed by atoms with E-state index in [0.29, 0.717) is 37.3 Å². The summed E-state index contributed by atoms with van der Waals surface area (Å²) < 4.78 is 2.90. The van der Waals surface area contributed by atoms with Crippen molar-refractivity contribution in [3.8, 4) is 0 Å². The number of halogens is 1. The summed E-state index contributed by atoms with van der Waals surface area (Å²) in [5.74, 6) is -0.0507. The second-order valence-electron chi connectivity index (χ2n) is 6.72. The van der Waals surface area contributed by atoms with Crippen molar-refractivity contribution in [3.05, 3.63) is 93.7 Å². The Morgan fingerprint density at radius 3 is 2.30 bits per heavy atom. The number of carbonyl (C=O) groups is 2. The summed E-state index contributed by atoms with van der Waals surface area (Å²) in [4.78, 5) is 27.6. The molecule has 0 fully saturated rings. The fraction of sp³-hybridized carbons (Fsp3) is 0.182. The van der Waals surface area contributed by atoms with E-state index in [1.807, 2.05) is 65.4 Å². The molecule has 1 aliphatic heterocycles. The van der Waals surface area contributed by atoms with Gasteiger partial charge in [0.15, 0.2) is 5.78 Å². The summed E-state index contributed by atoms with van der Waals surface area (Å²) in [6.07, 6.45) is 2.20. The van der Waals surface area contributed by atoms with Crippen molar-refractivity contribution in [2.45, 2.75) is 19.5 Å². The third-order valence-corrected chi connectivity index (χ3v) is 5.37. The highest BCUT2D eigenvalue weighted by molar-refractivity contribution is 9.10. The predicted molar refractivity (Wildman–Crippen MR) is 108 cm³/mol. The number of amides is 1. The summed E-state index contributed by atoms with van der Waals surface area (Å²) in [5.41, 5.74) is 3.17. The van der Waals surface area contributed by atoms with E-state index >= 15 is 0 Å². The van der Waals surface area contributed by atoms with Gasteiger partial charge >= 0.3 is 0 Å². The molecule has 0 atom stereocenters. The molecule has 4 nitrogen and oxygen atoms in total. The van der Waals surface area contributed by atoms with Crippen molar-refractivity contribution in [2.24, 2.45) is 0 Å². The van der Waals surface area contributed by atoms with Crippen molar-refractivity contribution in [3.63, 3.8) is 0 Å². The number of carbonyl (C=O) groups excluding carboxylic acids is 2. The maximum atomic E-state index is 13.3. The zero-order valence-corrected chi connectivity index (χ0v) is 16.4. The van der Waals surface area contributed by atoms with Crippen LogP contribution in [0.5, 0.6) is 0 Å². The zero-order valence-electron chi connectivity index (χ0n) is 14.8. The minimum absolute atomic E-state index is 0.0310. The van der Waals surface area contributed by atoms with Crippen LogP contribution in [0.4, 0.5) is 0 Å². The smallest absolute Gasteiger partial charge is 0.271 e. The fourth-order valence-corrected chi connectivity index (χ4v) is 3.70. The van der Waals surface area contributed by atoms with E-state index in [-0.39, 0.29) is 11.7 Å². The predicted octanol–water partition coefficient (Wildman–Crippen LogP) is 4.53. The Balaban J connectivity index is 1.66. The average molecular weight is 423 g/mol.